The highest BCUT2D eigenvalue weighted by Crippen LogP contribution is 2.13. The van der Waals surface area contributed by atoms with Gasteiger partial charge in [0, 0.05) is 0 Å². The Bertz CT molecular complexity index is 797. The highest BCUT2D eigenvalue weighted by atomic mass is 32.2. The molecule has 1 rings (SSSR count). The van der Waals surface area contributed by atoms with Crippen LogP contribution in [0.2, 0.25) is 0 Å². The zero-order valence-electron chi connectivity index (χ0n) is 13.2. The van der Waals surface area contributed by atoms with Crippen LogP contribution < -0.4 is 10.5 Å². The topological polar surface area (TPSA) is 125 Å². The molecule has 0 aliphatic carbocycles. The number of hydrogen-bond acceptors (Lipinski definition) is 8. The lowest BCUT2D eigenvalue weighted by atomic mass is 10.2. The third-order valence-corrected chi connectivity index (χ3v) is 4.65. The fourth-order valence-corrected chi connectivity index (χ4v) is 3.07. The van der Waals surface area contributed by atoms with Gasteiger partial charge in [0.25, 0.3) is 10.0 Å². The number of benzene rings is 1. The first kappa shape index (κ1) is 19.6. The zero-order valence-corrected chi connectivity index (χ0v) is 14.8. The van der Waals surface area contributed by atoms with Crippen LogP contribution in [0.5, 0.6) is 0 Å². The summed E-state index contributed by atoms with van der Waals surface area (Å²) >= 11 is 4.90. The first-order chi connectivity index (χ1) is 11.1. The molecule has 1 aromatic rings. The van der Waals surface area contributed by atoms with E-state index in [1.807, 2.05) is 4.72 Å². The molecule has 0 bridgehead atoms. The summed E-state index contributed by atoms with van der Waals surface area (Å²) in [5.74, 6) is -2.12. The van der Waals surface area contributed by atoms with Crippen molar-refractivity contribution >= 4 is 39.2 Å². The highest BCUT2D eigenvalue weighted by molar-refractivity contribution is 7.92. The Morgan fingerprint density at radius 2 is 1.58 bits per heavy atom. The summed E-state index contributed by atoms with van der Waals surface area (Å²) < 4.78 is 35.5. The molecule has 10 heteroatoms. The Morgan fingerprint density at radius 1 is 1.08 bits per heavy atom. The zero-order chi connectivity index (χ0) is 18.5. The SMILES string of the molecule is COC(=O)/C(N)=C(\C(=O)OC)C(=S)NS(=O)(=O)c1ccc(C)cc1. The molecule has 0 aliphatic rings. The van der Waals surface area contributed by atoms with Crippen LogP contribution in [0, 0.1) is 6.92 Å². The van der Waals surface area contributed by atoms with Crippen LogP contribution in [0.1, 0.15) is 5.56 Å². The van der Waals surface area contributed by atoms with E-state index in [1.165, 1.54) is 12.1 Å². The summed E-state index contributed by atoms with van der Waals surface area (Å²) in [4.78, 5) is 22.6. The summed E-state index contributed by atoms with van der Waals surface area (Å²) in [5.41, 5.74) is 5.10. The molecule has 0 aromatic heterocycles. The maximum atomic E-state index is 12.3. The lowest BCUT2D eigenvalue weighted by Crippen LogP contribution is -2.36. The molecule has 24 heavy (non-hydrogen) atoms. The van der Waals surface area contributed by atoms with Gasteiger partial charge in [-0.2, -0.15) is 0 Å². The monoisotopic (exact) mass is 372 g/mol. The van der Waals surface area contributed by atoms with Gasteiger partial charge in [-0.1, -0.05) is 29.9 Å². The van der Waals surface area contributed by atoms with E-state index < -0.39 is 38.2 Å². The summed E-state index contributed by atoms with van der Waals surface area (Å²) in [5, 5.41) is 0. The van der Waals surface area contributed by atoms with Crippen LogP contribution in [0.3, 0.4) is 0 Å². The minimum atomic E-state index is -4.07. The van der Waals surface area contributed by atoms with Crippen molar-refractivity contribution in [2.24, 2.45) is 5.73 Å². The van der Waals surface area contributed by atoms with E-state index in [9.17, 15) is 18.0 Å². The van der Waals surface area contributed by atoms with E-state index in [1.54, 1.807) is 19.1 Å². The molecule has 0 amide bonds. The first-order valence-electron chi connectivity index (χ1n) is 6.44. The number of rotatable bonds is 5. The maximum absolute atomic E-state index is 12.3. The highest BCUT2D eigenvalue weighted by Gasteiger charge is 2.27. The fraction of sp³-hybridized carbons (Fsp3) is 0.214. The summed E-state index contributed by atoms with van der Waals surface area (Å²) in [7, 11) is -1.99. The van der Waals surface area contributed by atoms with Gasteiger partial charge in [0.15, 0.2) is 0 Å². The standard InChI is InChI=1S/C14H16N2O6S2/c1-8-4-6-9(7-5-8)24(19,20)16-12(23)10(13(17)21-2)11(15)14(18)22-3/h4-7H,15H2,1-3H3,(H,16,23)/b11-10+. The molecule has 3 N–H and O–H groups in total. The normalized spacial score (nSPS) is 12.0. The number of thiocarbonyl (C=S) groups is 1. The van der Waals surface area contributed by atoms with E-state index >= 15 is 0 Å². The fourth-order valence-electron chi connectivity index (χ4n) is 1.59. The second kappa shape index (κ2) is 7.88. The smallest absolute Gasteiger partial charge is 0.354 e. The number of nitrogens with one attached hydrogen (secondary N) is 1. The number of nitrogens with two attached hydrogens (primary N) is 1. The van der Waals surface area contributed by atoms with Gasteiger partial charge in [-0.15, -0.1) is 0 Å². The minimum Gasteiger partial charge on any atom is -0.465 e. The van der Waals surface area contributed by atoms with Crippen molar-refractivity contribution < 1.29 is 27.5 Å². The quantitative estimate of drug-likeness (QED) is 0.425. The third kappa shape index (κ3) is 4.52. The largest absolute Gasteiger partial charge is 0.465 e. The lowest BCUT2D eigenvalue weighted by Gasteiger charge is -2.13. The molecule has 0 atom stereocenters. The van der Waals surface area contributed by atoms with Crippen LogP contribution in [0.4, 0.5) is 0 Å². The Morgan fingerprint density at radius 3 is 2.04 bits per heavy atom. The predicted molar refractivity (Wildman–Crippen MR) is 89.3 cm³/mol. The molecule has 0 spiro atoms. The van der Waals surface area contributed by atoms with Gasteiger partial charge in [-0.3, -0.25) is 4.72 Å². The maximum Gasteiger partial charge on any atom is 0.354 e. The number of aryl methyl sites for hydroxylation is 1. The molecule has 8 nitrogen and oxygen atoms in total. The van der Waals surface area contributed by atoms with Crippen molar-refractivity contribution in [2.75, 3.05) is 14.2 Å². The van der Waals surface area contributed by atoms with Crippen LogP contribution in [-0.2, 0) is 29.1 Å². The molecular formula is C14H16N2O6S2. The Labute approximate surface area is 144 Å². The number of hydrogen-bond donors (Lipinski definition) is 2. The Balaban J connectivity index is 3.24. The molecule has 0 unspecified atom stereocenters. The van der Waals surface area contributed by atoms with E-state index in [0.717, 1.165) is 19.8 Å². The van der Waals surface area contributed by atoms with Crippen LogP contribution >= 0.6 is 12.2 Å². The molecule has 0 radical (unpaired) electrons. The minimum absolute atomic E-state index is 0.0729. The average Bonchev–Trinajstić information content (AvgIpc) is 2.53. The van der Waals surface area contributed by atoms with E-state index in [-0.39, 0.29) is 4.90 Å². The number of sulfonamides is 1. The molecule has 0 fully saturated rings. The summed E-state index contributed by atoms with van der Waals surface area (Å²) in [6, 6.07) is 5.92. The van der Waals surface area contributed by atoms with Crippen molar-refractivity contribution in [1.82, 2.24) is 4.72 Å². The van der Waals surface area contributed by atoms with Crippen LogP contribution in [0.15, 0.2) is 40.4 Å². The second-order valence-corrected chi connectivity index (χ2v) is 6.61. The molecule has 1 aromatic carbocycles. The van der Waals surface area contributed by atoms with E-state index in [2.05, 4.69) is 9.47 Å². The summed E-state index contributed by atoms with van der Waals surface area (Å²) in [6.45, 7) is 1.80. The number of carbonyl (C=O) groups is 2. The molecule has 130 valence electrons. The van der Waals surface area contributed by atoms with Crippen LogP contribution in [-0.4, -0.2) is 39.6 Å². The number of esters is 2. The van der Waals surface area contributed by atoms with Gasteiger partial charge in [0.05, 0.1) is 19.1 Å². The summed E-state index contributed by atoms with van der Waals surface area (Å²) in [6.07, 6.45) is 0. The van der Waals surface area contributed by atoms with Crippen molar-refractivity contribution in [3.8, 4) is 0 Å². The predicted octanol–water partition coefficient (Wildman–Crippen LogP) is 0.160. The lowest BCUT2D eigenvalue weighted by molar-refractivity contribution is -0.138. The van der Waals surface area contributed by atoms with Crippen molar-refractivity contribution in [1.29, 1.82) is 0 Å². The number of ether oxygens (including phenoxy) is 2. The first-order valence-corrected chi connectivity index (χ1v) is 8.33. The number of methoxy groups -OCH3 is 2. The molecule has 0 saturated carbocycles. The van der Waals surface area contributed by atoms with Gasteiger partial charge in [-0.25, -0.2) is 18.0 Å². The van der Waals surface area contributed by atoms with Gasteiger partial charge < -0.3 is 15.2 Å². The Kier molecular flexibility index (Phi) is 6.43. The van der Waals surface area contributed by atoms with E-state index in [4.69, 9.17) is 18.0 Å². The van der Waals surface area contributed by atoms with Crippen LogP contribution in [0.25, 0.3) is 0 Å². The van der Waals surface area contributed by atoms with Gasteiger partial charge in [0.1, 0.15) is 16.3 Å². The third-order valence-electron chi connectivity index (χ3n) is 2.85. The van der Waals surface area contributed by atoms with Gasteiger partial charge >= 0.3 is 11.9 Å². The van der Waals surface area contributed by atoms with Gasteiger partial charge in [0.2, 0.25) is 0 Å². The molecular weight excluding hydrogens is 356 g/mol. The van der Waals surface area contributed by atoms with Crippen molar-refractivity contribution in [3.05, 3.63) is 41.1 Å². The van der Waals surface area contributed by atoms with Gasteiger partial charge in [-0.05, 0) is 19.1 Å². The number of carbonyl (C=O) groups excluding carboxylic acids is 2. The van der Waals surface area contributed by atoms with Crippen molar-refractivity contribution in [3.63, 3.8) is 0 Å². The second-order valence-electron chi connectivity index (χ2n) is 4.52. The molecule has 0 heterocycles. The average molecular weight is 372 g/mol. The molecule has 0 aliphatic heterocycles. The van der Waals surface area contributed by atoms with E-state index in [0.29, 0.717) is 0 Å². The van der Waals surface area contributed by atoms with Crippen molar-refractivity contribution in [2.45, 2.75) is 11.8 Å². The molecule has 0 saturated heterocycles. The Hall–Kier alpha value is -2.46.